The number of ether oxygens (including phenoxy) is 2. The Balaban J connectivity index is 2.14. The summed E-state index contributed by atoms with van der Waals surface area (Å²) in [6, 6.07) is 17.4. The van der Waals surface area contributed by atoms with Crippen molar-refractivity contribution in [3.05, 3.63) is 71.3 Å². The molecule has 21 heavy (non-hydrogen) atoms. The lowest BCUT2D eigenvalue weighted by Crippen LogP contribution is -2.03. The zero-order chi connectivity index (χ0) is 14.8. The Morgan fingerprint density at radius 1 is 1.00 bits per heavy atom. The molecule has 1 aliphatic heterocycles. The maximum Gasteiger partial charge on any atom is 0.335 e. The molecule has 0 aliphatic carbocycles. The molecule has 0 radical (unpaired) electrons. The van der Waals surface area contributed by atoms with Crippen LogP contribution in [0.1, 0.15) is 24.2 Å². The van der Waals surface area contributed by atoms with E-state index in [0.29, 0.717) is 5.57 Å². The maximum atomic E-state index is 12.0. The number of cyclic esters (lactones) is 1. The van der Waals surface area contributed by atoms with Crippen molar-refractivity contribution in [1.29, 1.82) is 0 Å². The summed E-state index contributed by atoms with van der Waals surface area (Å²) in [5.74, 6) is 0.468. The van der Waals surface area contributed by atoms with Crippen LogP contribution < -0.4 is 4.74 Å². The first-order chi connectivity index (χ1) is 10.2. The summed E-state index contributed by atoms with van der Waals surface area (Å²) >= 11 is 0. The van der Waals surface area contributed by atoms with Crippen LogP contribution in [-0.4, -0.2) is 13.1 Å². The predicted octanol–water partition coefficient (Wildman–Crippen LogP) is 3.77. The van der Waals surface area contributed by atoms with Crippen LogP contribution >= 0.6 is 0 Å². The van der Waals surface area contributed by atoms with Gasteiger partial charge in [0.25, 0.3) is 0 Å². The second-order valence-corrected chi connectivity index (χ2v) is 4.93. The van der Waals surface area contributed by atoms with E-state index in [-0.39, 0.29) is 12.1 Å². The number of hydrogen-bond donors (Lipinski definition) is 0. The highest BCUT2D eigenvalue weighted by molar-refractivity contribution is 6.03. The van der Waals surface area contributed by atoms with Gasteiger partial charge in [-0.05, 0) is 18.6 Å². The molecule has 0 saturated carbocycles. The summed E-state index contributed by atoms with van der Waals surface area (Å²) in [5.41, 5.74) is 3.37. The number of carbonyl (C=O) groups excluding carboxylic acids is 1. The van der Waals surface area contributed by atoms with Gasteiger partial charge in [0.05, 0.1) is 7.11 Å². The molecule has 0 aromatic heterocycles. The molecule has 0 bridgehead atoms. The van der Waals surface area contributed by atoms with Crippen LogP contribution in [0.15, 0.2) is 60.2 Å². The quantitative estimate of drug-likeness (QED) is 0.803. The topological polar surface area (TPSA) is 35.5 Å². The number of benzene rings is 2. The average Bonchev–Trinajstić information content (AvgIpc) is 2.83. The molecule has 1 unspecified atom stereocenters. The van der Waals surface area contributed by atoms with E-state index >= 15 is 0 Å². The Morgan fingerprint density at radius 2 is 1.67 bits per heavy atom. The van der Waals surface area contributed by atoms with Gasteiger partial charge in [0.2, 0.25) is 0 Å². The minimum absolute atomic E-state index is 0.273. The standard InChI is InChI=1S/C18H16O3/c1-12-16(14-10-6-7-11-15(14)20-2)17(21-18(12)19)13-8-4-3-5-9-13/h3-11,17H,1-2H3. The zero-order valence-electron chi connectivity index (χ0n) is 12.0. The number of methoxy groups -OCH3 is 1. The van der Waals surface area contributed by atoms with Crippen LogP contribution in [-0.2, 0) is 9.53 Å². The fourth-order valence-electron chi connectivity index (χ4n) is 2.63. The lowest BCUT2D eigenvalue weighted by atomic mass is 9.93. The first-order valence-electron chi connectivity index (χ1n) is 6.82. The van der Waals surface area contributed by atoms with Gasteiger partial charge < -0.3 is 9.47 Å². The molecule has 1 aliphatic rings. The van der Waals surface area contributed by atoms with E-state index in [2.05, 4.69) is 0 Å². The third kappa shape index (κ3) is 2.31. The van der Waals surface area contributed by atoms with Crippen molar-refractivity contribution in [1.82, 2.24) is 0 Å². The smallest absolute Gasteiger partial charge is 0.335 e. The maximum absolute atomic E-state index is 12.0. The van der Waals surface area contributed by atoms with Gasteiger partial charge in [-0.15, -0.1) is 0 Å². The van der Waals surface area contributed by atoms with Gasteiger partial charge in [-0.3, -0.25) is 0 Å². The highest BCUT2D eigenvalue weighted by Gasteiger charge is 2.34. The van der Waals surface area contributed by atoms with Crippen LogP contribution in [0.3, 0.4) is 0 Å². The molecule has 1 heterocycles. The van der Waals surface area contributed by atoms with Gasteiger partial charge in [-0.25, -0.2) is 4.79 Å². The van der Waals surface area contributed by atoms with E-state index in [4.69, 9.17) is 9.47 Å². The normalized spacial score (nSPS) is 17.8. The Bertz CT molecular complexity index is 701. The van der Waals surface area contributed by atoms with Gasteiger partial charge in [-0.2, -0.15) is 0 Å². The van der Waals surface area contributed by atoms with Crippen LogP contribution in [0.4, 0.5) is 0 Å². The third-order valence-electron chi connectivity index (χ3n) is 3.70. The Hall–Kier alpha value is -2.55. The summed E-state index contributed by atoms with van der Waals surface area (Å²) in [5, 5.41) is 0. The summed E-state index contributed by atoms with van der Waals surface area (Å²) in [6.45, 7) is 1.80. The van der Waals surface area contributed by atoms with E-state index in [9.17, 15) is 4.79 Å². The van der Waals surface area contributed by atoms with E-state index in [0.717, 1.165) is 22.4 Å². The molecule has 3 nitrogen and oxygen atoms in total. The van der Waals surface area contributed by atoms with Gasteiger partial charge in [0.1, 0.15) is 5.75 Å². The first-order valence-corrected chi connectivity index (χ1v) is 6.82. The zero-order valence-corrected chi connectivity index (χ0v) is 12.0. The second-order valence-electron chi connectivity index (χ2n) is 4.93. The van der Waals surface area contributed by atoms with Crippen molar-refractivity contribution >= 4 is 11.5 Å². The molecule has 0 amide bonds. The molecular weight excluding hydrogens is 264 g/mol. The number of para-hydroxylation sites is 1. The fraction of sp³-hybridized carbons (Fsp3) is 0.167. The van der Waals surface area contributed by atoms with E-state index in [1.165, 1.54) is 0 Å². The van der Waals surface area contributed by atoms with Gasteiger partial charge >= 0.3 is 5.97 Å². The molecule has 2 aromatic rings. The molecular formula is C18H16O3. The fourth-order valence-corrected chi connectivity index (χ4v) is 2.63. The molecule has 3 rings (SSSR count). The van der Waals surface area contributed by atoms with E-state index < -0.39 is 0 Å². The van der Waals surface area contributed by atoms with E-state index in [1.54, 1.807) is 14.0 Å². The van der Waals surface area contributed by atoms with Crippen LogP contribution in [0.5, 0.6) is 5.75 Å². The lowest BCUT2D eigenvalue weighted by molar-refractivity contribution is -0.139. The summed E-state index contributed by atoms with van der Waals surface area (Å²) in [7, 11) is 1.63. The van der Waals surface area contributed by atoms with Crippen molar-refractivity contribution in [3.8, 4) is 5.75 Å². The Morgan fingerprint density at radius 3 is 2.38 bits per heavy atom. The molecule has 106 valence electrons. The van der Waals surface area contributed by atoms with Crippen molar-refractivity contribution in [3.63, 3.8) is 0 Å². The lowest BCUT2D eigenvalue weighted by Gasteiger charge is -2.17. The Kier molecular flexibility index (Phi) is 3.48. The van der Waals surface area contributed by atoms with Crippen LogP contribution in [0, 0.1) is 0 Å². The average molecular weight is 280 g/mol. The Labute approximate surface area is 123 Å². The minimum Gasteiger partial charge on any atom is -0.496 e. The van der Waals surface area contributed by atoms with Gasteiger partial charge in [-0.1, -0.05) is 48.5 Å². The highest BCUT2D eigenvalue weighted by atomic mass is 16.5. The number of rotatable bonds is 3. The van der Waals surface area contributed by atoms with Crippen molar-refractivity contribution < 1.29 is 14.3 Å². The largest absolute Gasteiger partial charge is 0.496 e. The molecule has 1 atom stereocenters. The van der Waals surface area contributed by atoms with E-state index in [1.807, 2.05) is 54.6 Å². The van der Waals surface area contributed by atoms with Crippen molar-refractivity contribution in [2.45, 2.75) is 13.0 Å². The highest BCUT2D eigenvalue weighted by Crippen LogP contribution is 2.44. The van der Waals surface area contributed by atoms with Crippen LogP contribution in [0.25, 0.3) is 5.57 Å². The molecule has 0 N–H and O–H groups in total. The SMILES string of the molecule is COc1ccccc1C1=C(C)C(=O)OC1c1ccccc1. The molecule has 0 saturated heterocycles. The first kappa shape index (κ1) is 13.4. The van der Waals surface area contributed by atoms with Gasteiger partial charge in [0.15, 0.2) is 6.10 Å². The summed E-state index contributed by atoms with van der Waals surface area (Å²) in [4.78, 5) is 12.0. The minimum atomic E-state index is -0.380. The third-order valence-corrected chi connectivity index (χ3v) is 3.70. The molecule has 0 spiro atoms. The summed E-state index contributed by atoms with van der Waals surface area (Å²) < 4.78 is 11.0. The van der Waals surface area contributed by atoms with Gasteiger partial charge in [0, 0.05) is 16.7 Å². The van der Waals surface area contributed by atoms with Crippen LogP contribution in [0.2, 0.25) is 0 Å². The molecule has 3 heteroatoms. The summed E-state index contributed by atoms with van der Waals surface area (Å²) in [6.07, 6.45) is -0.380. The molecule has 2 aromatic carbocycles. The number of esters is 1. The molecule has 0 fully saturated rings. The number of carbonyl (C=O) groups is 1. The number of hydrogen-bond acceptors (Lipinski definition) is 3. The van der Waals surface area contributed by atoms with Crippen molar-refractivity contribution in [2.24, 2.45) is 0 Å². The van der Waals surface area contributed by atoms with Crippen molar-refractivity contribution in [2.75, 3.05) is 7.11 Å². The second kappa shape index (κ2) is 5.44. The predicted molar refractivity (Wildman–Crippen MR) is 80.9 cm³/mol. The monoisotopic (exact) mass is 280 g/mol.